The van der Waals surface area contributed by atoms with Gasteiger partial charge in [0.25, 0.3) is 5.91 Å². The van der Waals surface area contributed by atoms with Crippen LogP contribution in [0.2, 0.25) is 0 Å². The van der Waals surface area contributed by atoms with E-state index in [9.17, 15) is 38.3 Å². The van der Waals surface area contributed by atoms with Crippen molar-refractivity contribution in [3.63, 3.8) is 0 Å². The number of fused-ring (bicyclic) bond motifs is 1. The van der Waals surface area contributed by atoms with Gasteiger partial charge >= 0.3 is 12.1 Å². The van der Waals surface area contributed by atoms with Gasteiger partial charge in [0.2, 0.25) is 17.6 Å². The zero-order chi connectivity index (χ0) is 33.4. The van der Waals surface area contributed by atoms with E-state index >= 15 is 0 Å². The number of Topliss-reactive ketones (excluding diaryl/α,β-unsaturated/α-hetero) is 1. The van der Waals surface area contributed by atoms with Crippen LogP contribution in [0.15, 0.2) is 30.3 Å². The molecular formula is C32H45FN4O8. The van der Waals surface area contributed by atoms with E-state index < -0.39 is 89.8 Å². The van der Waals surface area contributed by atoms with Crippen LogP contribution in [-0.4, -0.2) is 88.6 Å². The van der Waals surface area contributed by atoms with Crippen LogP contribution in [0.3, 0.4) is 0 Å². The molecule has 248 valence electrons. The molecule has 1 saturated carbocycles. The number of aliphatic carboxylic acids is 1. The Morgan fingerprint density at radius 1 is 0.956 bits per heavy atom. The summed E-state index contributed by atoms with van der Waals surface area (Å²) in [6.45, 7) is 8.47. The van der Waals surface area contributed by atoms with E-state index in [0.717, 1.165) is 0 Å². The number of likely N-dealkylation sites (tertiary alicyclic amines) is 1. The maximum atomic E-state index is 14.9. The smallest absolute Gasteiger partial charge is 0.408 e. The number of rotatable bonds is 14. The summed E-state index contributed by atoms with van der Waals surface area (Å²) in [5, 5.41) is 17.1. The number of amides is 4. The van der Waals surface area contributed by atoms with E-state index in [0.29, 0.717) is 18.4 Å². The minimum absolute atomic E-state index is 0.0421. The minimum Gasteiger partial charge on any atom is -0.480 e. The van der Waals surface area contributed by atoms with Crippen LogP contribution in [-0.2, 0) is 35.1 Å². The van der Waals surface area contributed by atoms with Crippen LogP contribution < -0.4 is 16.0 Å². The summed E-state index contributed by atoms with van der Waals surface area (Å²) in [5.74, 6) is -6.30. The Bertz CT molecular complexity index is 1240. The van der Waals surface area contributed by atoms with Gasteiger partial charge in [-0.05, 0) is 50.5 Å². The molecule has 1 aliphatic carbocycles. The molecule has 0 spiro atoms. The lowest BCUT2D eigenvalue weighted by atomic mass is 9.92. The Hall–Kier alpha value is -4.03. The molecule has 2 fully saturated rings. The van der Waals surface area contributed by atoms with Gasteiger partial charge in [-0.15, -0.1) is 0 Å². The van der Waals surface area contributed by atoms with Crippen LogP contribution >= 0.6 is 0 Å². The largest absolute Gasteiger partial charge is 0.480 e. The number of alkyl carbamates (subject to hydrolysis) is 1. The van der Waals surface area contributed by atoms with Crippen LogP contribution in [0.1, 0.15) is 65.9 Å². The first kappa shape index (κ1) is 35.4. The Labute approximate surface area is 262 Å². The number of carboxylic acid groups (broad SMARTS) is 1. The van der Waals surface area contributed by atoms with Crippen molar-refractivity contribution in [2.75, 3.05) is 6.54 Å². The maximum Gasteiger partial charge on any atom is 0.408 e. The van der Waals surface area contributed by atoms with Gasteiger partial charge in [0.15, 0.2) is 0 Å². The Morgan fingerprint density at radius 2 is 1.62 bits per heavy atom. The SMILES string of the molecule is CCCC(NC(=O)[C@@H]1[C@H]2CC[C@H](F)[C@H]2CN1C(=O)[C@@H](NC(=O)OC(C)C)C(C)C)C(=O)C(=O)N[C@H](Cc1ccccc1)C(=O)O. The first-order chi connectivity index (χ1) is 21.2. The summed E-state index contributed by atoms with van der Waals surface area (Å²) in [5.41, 5.74) is 0.644. The molecule has 0 bridgehead atoms. The monoisotopic (exact) mass is 632 g/mol. The fraction of sp³-hybridized carbons (Fsp3) is 0.625. The average molecular weight is 633 g/mol. The van der Waals surface area contributed by atoms with E-state index in [2.05, 4.69) is 16.0 Å². The number of carbonyl (C=O) groups excluding carboxylic acids is 5. The summed E-state index contributed by atoms with van der Waals surface area (Å²) in [6.07, 6.45) is -1.46. The molecule has 45 heavy (non-hydrogen) atoms. The zero-order valence-corrected chi connectivity index (χ0v) is 26.5. The fourth-order valence-electron chi connectivity index (χ4n) is 6.14. The highest BCUT2D eigenvalue weighted by atomic mass is 19.1. The lowest BCUT2D eigenvalue weighted by Crippen LogP contribution is -2.59. The van der Waals surface area contributed by atoms with Crippen LogP contribution in [0.4, 0.5) is 9.18 Å². The number of carboxylic acids is 1. The van der Waals surface area contributed by atoms with Gasteiger partial charge in [-0.1, -0.05) is 57.5 Å². The molecule has 1 aliphatic heterocycles. The van der Waals surface area contributed by atoms with Gasteiger partial charge < -0.3 is 30.7 Å². The number of halogens is 1. The number of benzene rings is 1. The van der Waals surface area contributed by atoms with Gasteiger partial charge in [0.05, 0.1) is 12.1 Å². The predicted molar refractivity (Wildman–Crippen MR) is 162 cm³/mol. The van der Waals surface area contributed by atoms with Gasteiger partial charge in [-0.3, -0.25) is 19.2 Å². The van der Waals surface area contributed by atoms with Gasteiger partial charge in [-0.2, -0.15) is 0 Å². The molecule has 1 aromatic rings. The summed E-state index contributed by atoms with van der Waals surface area (Å²) in [7, 11) is 0. The van der Waals surface area contributed by atoms with Gasteiger partial charge in [0, 0.05) is 18.9 Å². The first-order valence-electron chi connectivity index (χ1n) is 15.6. The van der Waals surface area contributed by atoms with Crippen molar-refractivity contribution in [3.8, 4) is 0 Å². The predicted octanol–water partition coefficient (Wildman–Crippen LogP) is 2.39. The normalized spacial score (nSPS) is 22.7. The number of nitrogens with one attached hydrogen (secondary N) is 3. The molecule has 1 aromatic carbocycles. The quantitative estimate of drug-likeness (QED) is 0.227. The third-order valence-corrected chi connectivity index (χ3v) is 8.36. The Kier molecular flexibility index (Phi) is 12.5. The standard InChI is InChI=1S/C32H45FN4O8/c1-6-10-23(27(38)29(40)35-24(31(42)43)15-19-11-8-7-9-12-19)34-28(39)26-20-13-14-22(33)21(20)16-37(26)30(41)25(17(2)3)36-32(44)45-18(4)5/h7-9,11-12,17-18,20-26H,6,10,13-16H2,1-5H3,(H,34,39)(H,35,40)(H,36,44)(H,42,43)/t20-,21-,22-,23?,24+,25-,26-/m0/s1. The summed E-state index contributed by atoms with van der Waals surface area (Å²) < 4.78 is 20.1. The lowest BCUT2D eigenvalue weighted by molar-refractivity contribution is -0.146. The number of alkyl halides is 1. The molecule has 12 nitrogen and oxygen atoms in total. The Morgan fingerprint density at radius 3 is 2.20 bits per heavy atom. The molecule has 3 rings (SSSR count). The Balaban J connectivity index is 1.80. The third kappa shape index (κ3) is 9.01. The number of carbonyl (C=O) groups is 6. The molecule has 7 atom stereocenters. The fourth-order valence-corrected chi connectivity index (χ4v) is 6.14. The molecule has 1 saturated heterocycles. The molecule has 4 amide bonds. The minimum atomic E-state index is -1.38. The van der Waals surface area contributed by atoms with Crippen LogP contribution in [0.25, 0.3) is 0 Å². The molecule has 0 aromatic heterocycles. The third-order valence-electron chi connectivity index (χ3n) is 8.36. The molecule has 2 aliphatic rings. The summed E-state index contributed by atoms with van der Waals surface area (Å²) in [6, 6.07) is 3.74. The van der Waals surface area contributed by atoms with Crippen molar-refractivity contribution < 1.29 is 43.0 Å². The molecule has 0 radical (unpaired) electrons. The molecule has 13 heteroatoms. The van der Waals surface area contributed by atoms with E-state index in [-0.39, 0.29) is 25.8 Å². The van der Waals surface area contributed by atoms with Crippen molar-refractivity contribution in [3.05, 3.63) is 35.9 Å². The zero-order valence-electron chi connectivity index (χ0n) is 26.5. The number of ketones is 1. The van der Waals surface area contributed by atoms with E-state index in [1.807, 2.05) is 0 Å². The van der Waals surface area contributed by atoms with Crippen molar-refractivity contribution in [2.45, 2.75) is 103 Å². The number of hydrogen-bond donors (Lipinski definition) is 4. The van der Waals surface area contributed by atoms with Crippen molar-refractivity contribution in [2.24, 2.45) is 17.8 Å². The topological polar surface area (TPSA) is 171 Å². The molecule has 4 N–H and O–H groups in total. The molecule has 1 heterocycles. The van der Waals surface area contributed by atoms with Crippen LogP contribution in [0.5, 0.6) is 0 Å². The second-order valence-electron chi connectivity index (χ2n) is 12.4. The van der Waals surface area contributed by atoms with Crippen LogP contribution in [0, 0.1) is 17.8 Å². The van der Waals surface area contributed by atoms with E-state index in [1.54, 1.807) is 65.0 Å². The maximum absolute atomic E-state index is 14.9. The number of hydrogen-bond acceptors (Lipinski definition) is 7. The number of ether oxygens (including phenoxy) is 1. The van der Waals surface area contributed by atoms with Gasteiger partial charge in [-0.25, -0.2) is 14.0 Å². The van der Waals surface area contributed by atoms with E-state index in [4.69, 9.17) is 4.74 Å². The second kappa shape index (κ2) is 15.8. The van der Waals surface area contributed by atoms with Crippen molar-refractivity contribution in [1.29, 1.82) is 0 Å². The molecular weight excluding hydrogens is 587 g/mol. The van der Waals surface area contributed by atoms with Crippen molar-refractivity contribution in [1.82, 2.24) is 20.9 Å². The highest BCUT2D eigenvalue weighted by molar-refractivity contribution is 6.38. The van der Waals surface area contributed by atoms with E-state index in [1.165, 1.54) is 4.90 Å². The summed E-state index contributed by atoms with van der Waals surface area (Å²) >= 11 is 0. The highest BCUT2D eigenvalue weighted by Crippen LogP contribution is 2.44. The summed E-state index contributed by atoms with van der Waals surface area (Å²) in [4.78, 5) is 79.4. The molecule has 1 unspecified atom stereocenters. The first-order valence-corrected chi connectivity index (χ1v) is 15.6. The average Bonchev–Trinajstić information content (AvgIpc) is 3.53. The highest BCUT2D eigenvalue weighted by Gasteiger charge is 2.54. The lowest BCUT2D eigenvalue weighted by Gasteiger charge is -2.32. The van der Waals surface area contributed by atoms with Crippen molar-refractivity contribution >= 4 is 35.6 Å². The van der Waals surface area contributed by atoms with Gasteiger partial charge in [0.1, 0.15) is 24.3 Å². The second-order valence-corrected chi connectivity index (χ2v) is 12.4. The number of nitrogens with zero attached hydrogens (tertiary/aromatic N) is 1.